The Hall–Kier alpha value is -1.69. The molecule has 3 rings (SSSR count). The number of ketones is 1. The number of ether oxygens (including phenoxy) is 1. The van der Waals surface area contributed by atoms with Crippen molar-refractivity contribution >= 4 is 21.7 Å². The largest absolute Gasteiger partial charge is 0.484 e. The maximum absolute atomic E-state index is 12.9. The van der Waals surface area contributed by atoms with Gasteiger partial charge in [-0.2, -0.15) is 0 Å². The van der Waals surface area contributed by atoms with Crippen LogP contribution in [0.2, 0.25) is 0 Å². The second-order valence-electron chi connectivity index (χ2n) is 5.35. The zero-order valence-corrected chi connectivity index (χ0v) is 13.3. The van der Waals surface area contributed by atoms with Gasteiger partial charge in [0.1, 0.15) is 17.3 Å². The average molecular weight is 363 g/mol. The number of carbonyl (C=O) groups is 1. The maximum atomic E-state index is 12.9. The van der Waals surface area contributed by atoms with Crippen molar-refractivity contribution in [3.8, 4) is 5.75 Å². The summed E-state index contributed by atoms with van der Waals surface area (Å²) in [6.45, 7) is -0.984. The Bertz CT molecular complexity index is 695. The fourth-order valence-electron chi connectivity index (χ4n) is 2.78. The van der Waals surface area contributed by atoms with E-state index in [-0.39, 0.29) is 5.78 Å². The van der Waals surface area contributed by atoms with Gasteiger partial charge in [0.2, 0.25) is 0 Å². The van der Waals surface area contributed by atoms with Crippen LogP contribution in [0.15, 0.2) is 53.0 Å². The molecule has 0 spiro atoms. The van der Waals surface area contributed by atoms with E-state index < -0.39 is 24.7 Å². The molecule has 1 aliphatic rings. The number of carbonyl (C=O) groups excluding carboxylic acids is 1. The van der Waals surface area contributed by atoms with Crippen LogP contribution in [0.1, 0.15) is 22.0 Å². The summed E-state index contributed by atoms with van der Waals surface area (Å²) in [4.78, 5) is 12.9. The van der Waals surface area contributed by atoms with E-state index in [0.717, 1.165) is 10.0 Å². The van der Waals surface area contributed by atoms with Crippen LogP contribution in [-0.4, -0.2) is 29.2 Å². The minimum absolute atomic E-state index is 0.311. The second kappa shape index (κ2) is 5.83. The van der Waals surface area contributed by atoms with Gasteiger partial charge < -0.3 is 14.9 Å². The van der Waals surface area contributed by atoms with E-state index >= 15 is 0 Å². The summed E-state index contributed by atoms with van der Waals surface area (Å²) < 4.78 is 6.72. The molecule has 2 N–H and O–H groups in total. The smallest absolute Gasteiger partial charge is 0.181 e. The van der Waals surface area contributed by atoms with Crippen molar-refractivity contribution < 1.29 is 19.7 Å². The van der Waals surface area contributed by atoms with Crippen LogP contribution in [-0.2, 0) is 0 Å². The summed E-state index contributed by atoms with van der Waals surface area (Å²) in [6.07, 6.45) is -0.732. The predicted molar refractivity (Wildman–Crippen MR) is 84.9 cm³/mol. The van der Waals surface area contributed by atoms with Crippen LogP contribution in [0, 0.1) is 5.41 Å². The quantitative estimate of drug-likeness (QED) is 0.880. The zero-order valence-electron chi connectivity index (χ0n) is 11.7. The minimum atomic E-state index is -1.39. The SMILES string of the molecule is O=C1c2cc(Br)ccc2OC(c2ccccc2)C1(CO)CO. The van der Waals surface area contributed by atoms with Gasteiger partial charge in [-0.3, -0.25) is 4.79 Å². The number of halogens is 1. The van der Waals surface area contributed by atoms with Gasteiger partial charge in [-0.15, -0.1) is 0 Å². The number of hydrogen-bond donors (Lipinski definition) is 2. The minimum Gasteiger partial charge on any atom is -0.484 e. The number of fused-ring (bicyclic) bond motifs is 1. The third-order valence-corrected chi connectivity index (χ3v) is 4.55. The van der Waals surface area contributed by atoms with Gasteiger partial charge in [-0.05, 0) is 23.8 Å². The first-order chi connectivity index (χ1) is 10.6. The third-order valence-electron chi connectivity index (χ3n) is 4.05. The predicted octanol–water partition coefficient (Wildman–Crippen LogP) is 2.74. The highest BCUT2D eigenvalue weighted by molar-refractivity contribution is 9.10. The van der Waals surface area contributed by atoms with Gasteiger partial charge in [0.15, 0.2) is 5.78 Å². The van der Waals surface area contributed by atoms with Crippen LogP contribution < -0.4 is 4.74 Å². The molecule has 1 unspecified atom stereocenters. The molecule has 1 heterocycles. The summed E-state index contributed by atoms with van der Waals surface area (Å²) in [5.41, 5.74) is -0.285. The molecule has 0 amide bonds. The highest BCUT2D eigenvalue weighted by atomic mass is 79.9. The molecule has 0 fully saturated rings. The van der Waals surface area contributed by atoms with Crippen LogP contribution in [0.5, 0.6) is 5.75 Å². The van der Waals surface area contributed by atoms with Crippen LogP contribution in [0.25, 0.3) is 0 Å². The summed E-state index contributed by atoms with van der Waals surface area (Å²) >= 11 is 3.33. The average Bonchev–Trinajstić information content (AvgIpc) is 2.56. The first kappa shape index (κ1) is 15.2. The molecule has 114 valence electrons. The Labute approximate surface area is 136 Å². The van der Waals surface area contributed by atoms with Crippen molar-refractivity contribution in [3.05, 3.63) is 64.1 Å². The van der Waals surface area contributed by atoms with Gasteiger partial charge in [-0.1, -0.05) is 46.3 Å². The van der Waals surface area contributed by atoms with E-state index in [4.69, 9.17) is 4.74 Å². The Morgan fingerprint density at radius 3 is 2.41 bits per heavy atom. The lowest BCUT2D eigenvalue weighted by atomic mass is 9.72. The highest BCUT2D eigenvalue weighted by Gasteiger charge is 2.51. The topological polar surface area (TPSA) is 66.8 Å². The summed E-state index contributed by atoms with van der Waals surface area (Å²) in [7, 11) is 0. The number of benzene rings is 2. The van der Waals surface area contributed by atoms with E-state index in [1.165, 1.54) is 0 Å². The molecule has 0 bridgehead atoms. The molecular formula is C17H15BrO4. The van der Waals surface area contributed by atoms with Crippen molar-refractivity contribution in [2.75, 3.05) is 13.2 Å². The summed E-state index contributed by atoms with van der Waals surface area (Å²) in [6, 6.07) is 14.3. The van der Waals surface area contributed by atoms with E-state index in [0.29, 0.717) is 11.3 Å². The summed E-state index contributed by atoms with van der Waals surface area (Å²) in [5.74, 6) is 0.147. The molecule has 0 aromatic heterocycles. The Balaban J connectivity index is 2.18. The Kier molecular flexibility index (Phi) is 4.04. The standard InChI is InChI=1S/C17H15BrO4/c18-12-6-7-14-13(8-12)15(21)17(9-19,10-20)16(22-14)11-4-2-1-3-5-11/h1-8,16,19-20H,9-10H2. The molecule has 5 heteroatoms. The molecule has 2 aromatic carbocycles. The number of aliphatic hydroxyl groups excluding tert-OH is 2. The molecule has 4 nitrogen and oxygen atoms in total. The third kappa shape index (κ3) is 2.26. The van der Waals surface area contributed by atoms with E-state index in [2.05, 4.69) is 15.9 Å². The van der Waals surface area contributed by atoms with Gasteiger partial charge >= 0.3 is 0 Å². The molecule has 2 aromatic rings. The van der Waals surface area contributed by atoms with Gasteiger partial charge in [-0.25, -0.2) is 0 Å². The van der Waals surface area contributed by atoms with Crippen molar-refractivity contribution in [1.29, 1.82) is 0 Å². The molecule has 0 aliphatic carbocycles. The van der Waals surface area contributed by atoms with Crippen molar-refractivity contribution in [3.63, 3.8) is 0 Å². The molecule has 0 saturated heterocycles. The van der Waals surface area contributed by atoms with Crippen LogP contribution >= 0.6 is 15.9 Å². The zero-order chi connectivity index (χ0) is 15.7. The fourth-order valence-corrected chi connectivity index (χ4v) is 3.14. The molecule has 1 atom stereocenters. The van der Waals surface area contributed by atoms with Crippen LogP contribution in [0.4, 0.5) is 0 Å². The van der Waals surface area contributed by atoms with Crippen LogP contribution in [0.3, 0.4) is 0 Å². The van der Waals surface area contributed by atoms with Gasteiger partial charge in [0.05, 0.1) is 18.8 Å². The lowest BCUT2D eigenvalue weighted by molar-refractivity contribution is -0.0320. The van der Waals surface area contributed by atoms with Gasteiger partial charge in [0.25, 0.3) is 0 Å². The monoisotopic (exact) mass is 362 g/mol. The normalized spacial score (nSPS) is 19.4. The number of Topliss-reactive ketones (excluding diaryl/α,β-unsaturated/α-hetero) is 1. The highest BCUT2D eigenvalue weighted by Crippen LogP contribution is 2.46. The Morgan fingerprint density at radius 2 is 1.77 bits per heavy atom. The first-order valence-electron chi connectivity index (χ1n) is 6.90. The number of rotatable bonds is 3. The molecule has 0 saturated carbocycles. The molecular weight excluding hydrogens is 348 g/mol. The van der Waals surface area contributed by atoms with E-state index in [1.807, 2.05) is 30.3 Å². The summed E-state index contributed by atoms with van der Waals surface area (Å²) in [5, 5.41) is 19.7. The first-order valence-corrected chi connectivity index (χ1v) is 7.69. The molecule has 0 radical (unpaired) electrons. The number of aliphatic hydroxyl groups is 2. The molecule has 1 aliphatic heterocycles. The van der Waals surface area contributed by atoms with Gasteiger partial charge in [0, 0.05) is 4.47 Å². The second-order valence-corrected chi connectivity index (χ2v) is 6.27. The number of hydrogen-bond acceptors (Lipinski definition) is 4. The fraction of sp³-hybridized carbons (Fsp3) is 0.235. The van der Waals surface area contributed by atoms with Crippen molar-refractivity contribution in [2.24, 2.45) is 5.41 Å². The van der Waals surface area contributed by atoms with E-state index in [1.54, 1.807) is 18.2 Å². The molecule has 22 heavy (non-hydrogen) atoms. The van der Waals surface area contributed by atoms with Crippen molar-refractivity contribution in [2.45, 2.75) is 6.10 Å². The Morgan fingerprint density at radius 1 is 1.09 bits per heavy atom. The lowest BCUT2D eigenvalue weighted by Gasteiger charge is -2.41. The van der Waals surface area contributed by atoms with E-state index in [9.17, 15) is 15.0 Å². The maximum Gasteiger partial charge on any atom is 0.181 e. The van der Waals surface area contributed by atoms with Crippen molar-refractivity contribution in [1.82, 2.24) is 0 Å². The lowest BCUT2D eigenvalue weighted by Crippen LogP contribution is -2.49.